The van der Waals surface area contributed by atoms with Crippen LogP contribution < -0.4 is 0 Å². The minimum absolute atomic E-state index is 0.0124. The first-order valence-electron chi connectivity index (χ1n) is 8.74. The van der Waals surface area contributed by atoms with Crippen molar-refractivity contribution in [3.63, 3.8) is 0 Å². The molecule has 0 fully saturated rings. The van der Waals surface area contributed by atoms with Crippen LogP contribution in [-0.2, 0) is 28.6 Å². The predicted octanol–water partition coefficient (Wildman–Crippen LogP) is 2.58. The third kappa shape index (κ3) is 3.44. The van der Waals surface area contributed by atoms with Crippen molar-refractivity contribution in [1.29, 1.82) is 0 Å². The first kappa shape index (κ1) is 21.3. The SMILES string of the molecule is COC(=O)C(C)(C/C=C1\CC(C)(C(=O)OC)C(=O)c2ccccc21)C(=O)OC. The van der Waals surface area contributed by atoms with Crippen LogP contribution in [0.2, 0.25) is 0 Å². The molecule has 0 saturated heterocycles. The van der Waals surface area contributed by atoms with E-state index in [-0.39, 0.29) is 18.6 Å². The number of carbonyl (C=O) groups excluding carboxylic acids is 4. The zero-order valence-corrected chi connectivity index (χ0v) is 16.7. The van der Waals surface area contributed by atoms with Crippen LogP contribution in [0.25, 0.3) is 5.57 Å². The van der Waals surface area contributed by atoms with Crippen LogP contribution in [0, 0.1) is 10.8 Å². The number of benzene rings is 1. The molecule has 0 N–H and O–H groups in total. The van der Waals surface area contributed by atoms with Crippen molar-refractivity contribution < 1.29 is 33.4 Å². The lowest BCUT2D eigenvalue weighted by molar-refractivity contribution is -0.167. The fraction of sp³-hybridized carbons (Fsp3) is 0.429. The summed E-state index contributed by atoms with van der Waals surface area (Å²) in [5, 5.41) is 0. The van der Waals surface area contributed by atoms with E-state index in [1.165, 1.54) is 35.2 Å². The van der Waals surface area contributed by atoms with Gasteiger partial charge in [0.25, 0.3) is 0 Å². The van der Waals surface area contributed by atoms with Gasteiger partial charge in [0.1, 0.15) is 5.41 Å². The lowest BCUT2D eigenvalue weighted by atomic mass is 9.69. The van der Waals surface area contributed by atoms with Gasteiger partial charge in [0.15, 0.2) is 11.2 Å². The van der Waals surface area contributed by atoms with E-state index in [2.05, 4.69) is 0 Å². The summed E-state index contributed by atoms with van der Waals surface area (Å²) in [5.74, 6) is -2.42. The Bertz CT molecular complexity index is 836. The summed E-state index contributed by atoms with van der Waals surface area (Å²) in [5.41, 5.74) is -1.21. The number of hydrogen-bond donors (Lipinski definition) is 0. The molecule has 0 aliphatic heterocycles. The largest absolute Gasteiger partial charge is 0.468 e. The zero-order chi connectivity index (χ0) is 21.1. The number of hydrogen-bond acceptors (Lipinski definition) is 7. The smallest absolute Gasteiger partial charge is 0.323 e. The van der Waals surface area contributed by atoms with E-state index in [1.54, 1.807) is 30.3 Å². The maximum atomic E-state index is 12.9. The summed E-state index contributed by atoms with van der Waals surface area (Å²) in [6.07, 6.45) is 1.76. The van der Waals surface area contributed by atoms with E-state index < -0.39 is 28.7 Å². The number of Topliss-reactive ketones (excluding diaryl/α,β-unsaturated/α-hetero) is 1. The summed E-state index contributed by atoms with van der Waals surface area (Å²) >= 11 is 0. The van der Waals surface area contributed by atoms with Crippen molar-refractivity contribution in [2.45, 2.75) is 26.7 Å². The number of ether oxygens (including phenoxy) is 3. The van der Waals surface area contributed by atoms with Crippen molar-refractivity contribution in [2.24, 2.45) is 10.8 Å². The van der Waals surface area contributed by atoms with Gasteiger partial charge in [-0.15, -0.1) is 0 Å². The Kier molecular flexibility index (Phi) is 6.07. The van der Waals surface area contributed by atoms with Gasteiger partial charge in [0, 0.05) is 5.56 Å². The van der Waals surface area contributed by atoms with Crippen molar-refractivity contribution >= 4 is 29.3 Å². The second kappa shape index (κ2) is 7.96. The van der Waals surface area contributed by atoms with Crippen molar-refractivity contribution in [3.05, 3.63) is 41.5 Å². The highest BCUT2D eigenvalue weighted by atomic mass is 16.5. The monoisotopic (exact) mass is 388 g/mol. The molecule has 1 aromatic rings. The summed E-state index contributed by atoms with van der Waals surface area (Å²) in [6, 6.07) is 6.90. The molecule has 0 bridgehead atoms. The number of rotatable bonds is 5. The molecule has 0 radical (unpaired) electrons. The molecule has 0 spiro atoms. The molecule has 0 saturated carbocycles. The van der Waals surface area contributed by atoms with Gasteiger partial charge in [-0.1, -0.05) is 30.3 Å². The molecular formula is C21H24O7. The van der Waals surface area contributed by atoms with Crippen LogP contribution in [0.3, 0.4) is 0 Å². The molecule has 0 heterocycles. The number of esters is 3. The topological polar surface area (TPSA) is 96.0 Å². The highest BCUT2D eigenvalue weighted by Gasteiger charge is 2.48. The molecule has 0 aromatic heterocycles. The van der Waals surface area contributed by atoms with Crippen LogP contribution in [0.5, 0.6) is 0 Å². The Balaban J connectivity index is 2.55. The molecule has 2 rings (SSSR count). The quantitative estimate of drug-likeness (QED) is 0.434. The highest BCUT2D eigenvalue weighted by Crippen LogP contribution is 2.43. The number of methoxy groups -OCH3 is 3. The van der Waals surface area contributed by atoms with Gasteiger partial charge in [0.05, 0.1) is 21.3 Å². The van der Waals surface area contributed by atoms with Gasteiger partial charge in [-0.25, -0.2) is 0 Å². The number of ketones is 1. The molecule has 7 heteroatoms. The van der Waals surface area contributed by atoms with Gasteiger partial charge in [-0.05, 0) is 37.8 Å². The van der Waals surface area contributed by atoms with Crippen LogP contribution in [0.15, 0.2) is 30.3 Å². The molecule has 150 valence electrons. The van der Waals surface area contributed by atoms with E-state index in [4.69, 9.17) is 14.2 Å². The lowest BCUT2D eigenvalue weighted by Gasteiger charge is -2.33. The van der Waals surface area contributed by atoms with Crippen LogP contribution >= 0.6 is 0 Å². The summed E-state index contributed by atoms with van der Waals surface area (Å²) in [7, 11) is 3.62. The molecule has 7 nitrogen and oxygen atoms in total. The first-order valence-corrected chi connectivity index (χ1v) is 8.74. The number of carbonyl (C=O) groups is 4. The van der Waals surface area contributed by atoms with E-state index >= 15 is 0 Å². The maximum Gasteiger partial charge on any atom is 0.323 e. The second-order valence-electron chi connectivity index (χ2n) is 7.12. The number of fused-ring (bicyclic) bond motifs is 1. The molecule has 0 amide bonds. The zero-order valence-electron chi connectivity index (χ0n) is 16.7. The van der Waals surface area contributed by atoms with E-state index in [0.717, 1.165) is 0 Å². The van der Waals surface area contributed by atoms with Crippen molar-refractivity contribution in [2.75, 3.05) is 21.3 Å². The minimum atomic E-state index is -1.55. The van der Waals surface area contributed by atoms with Crippen LogP contribution in [-0.4, -0.2) is 45.0 Å². The average Bonchev–Trinajstić information content (AvgIpc) is 2.72. The lowest BCUT2D eigenvalue weighted by Crippen LogP contribution is -2.41. The van der Waals surface area contributed by atoms with Gasteiger partial charge < -0.3 is 14.2 Å². The summed E-state index contributed by atoms with van der Waals surface area (Å²) in [6.45, 7) is 2.96. The van der Waals surface area contributed by atoms with Gasteiger partial charge >= 0.3 is 17.9 Å². The molecule has 1 aromatic carbocycles. The van der Waals surface area contributed by atoms with Crippen LogP contribution in [0.4, 0.5) is 0 Å². The van der Waals surface area contributed by atoms with E-state index in [1.807, 2.05) is 0 Å². The Hall–Kier alpha value is -2.96. The second-order valence-corrected chi connectivity index (χ2v) is 7.12. The molecular weight excluding hydrogens is 364 g/mol. The molecule has 1 aliphatic rings. The van der Waals surface area contributed by atoms with E-state index in [0.29, 0.717) is 16.7 Å². The Labute approximate surface area is 163 Å². The van der Waals surface area contributed by atoms with Gasteiger partial charge in [-0.3, -0.25) is 19.2 Å². The highest BCUT2D eigenvalue weighted by molar-refractivity contribution is 6.17. The fourth-order valence-electron chi connectivity index (χ4n) is 3.41. The Morgan fingerprint density at radius 1 is 1.04 bits per heavy atom. The number of allylic oxidation sites excluding steroid dienone is 2. The fourth-order valence-corrected chi connectivity index (χ4v) is 3.41. The summed E-state index contributed by atoms with van der Waals surface area (Å²) in [4.78, 5) is 49.7. The maximum absolute atomic E-state index is 12.9. The molecule has 1 atom stereocenters. The van der Waals surface area contributed by atoms with Crippen molar-refractivity contribution in [1.82, 2.24) is 0 Å². The van der Waals surface area contributed by atoms with Crippen molar-refractivity contribution in [3.8, 4) is 0 Å². The van der Waals surface area contributed by atoms with Gasteiger partial charge in [-0.2, -0.15) is 0 Å². The first-order chi connectivity index (χ1) is 13.2. The Morgan fingerprint density at radius 3 is 2.07 bits per heavy atom. The third-order valence-electron chi connectivity index (χ3n) is 5.23. The molecule has 1 aliphatic carbocycles. The molecule has 1 unspecified atom stereocenters. The predicted molar refractivity (Wildman–Crippen MR) is 100 cm³/mol. The standard InChI is InChI=1S/C21H24O7/c1-20(17(23)26-3,18(24)27-4)11-10-13-12-21(2,19(25)28-5)16(22)15-9-7-6-8-14(13)15/h6-10H,11-12H2,1-5H3/b13-10+. The van der Waals surface area contributed by atoms with Crippen LogP contribution in [0.1, 0.15) is 42.6 Å². The Morgan fingerprint density at radius 2 is 1.57 bits per heavy atom. The van der Waals surface area contributed by atoms with Gasteiger partial charge in [0.2, 0.25) is 0 Å². The third-order valence-corrected chi connectivity index (χ3v) is 5.23. The normalized spacial score (nSPS) is 20.3. The molecule has 28 heavy (non-hydrogen) atoms. The minimum Gasteiger partial charge on any atom is -0.468 e. The summed E-state index contributed by atoms with van der Waals surface area (Å²) < 4.78 is 14.4. The average molecular weight is 388 g/mol. The van der Waals surface area contributed by atoms with E-state index in [9.17, 15) is 19.2 Å².